The molecule has 0 aliphatic heterocycles. The number of rotatable bonds is 3. The van der Waals surface area contributed by atoms with Crippen molar-refractivity contribution >= 4 is 11.6 Å². The highest BCUT2D eigenvalue weighted by Crippen LogP contribution is 2.22. The Labute approximate surface area is 101 Å². The second kappa shape index (κ2) is 4.62. The summed E-state index contributed by atoms with van der Waals surface area (Å²) in [5.41, 5.74) is 2.62. The molecule has 1 aromatic heterocycles. The van der Waals surface area contributed by atoms with Crippen molar-refractivity contribution in [3.63, 3.8) is 0 Å². The molecular formula is C10H9N5O3. The van der Waals surface area contributed by atoms with Gasteiger partial charge >= 0.3 is 0 Å². The van der Waals surface area contributed by atoms with E-state index in [9.17, 15) is 14.9 Å². The van der Waals surface area contributed by atoms with Crippen LogP contribution in [-0.2, 0) is 0 Å². The second-order valence-corrected chi connectivity index (χ2v) is 3.54. The van der Waals surface area contributed by atoms with Crippen molar-refractivity contribution in [1.29, 1.82) is 0 Å². The maximum absolute atomic E-state index is 11.9. The molecule has 0 bridgehead atoms. The van der Waals surface area contributed by atoms with Crippen LogP contribution in [-0.4, -0.2) is 25.7 Å². The first-order valence-corrected chi connectivity index (χ1v) is 4.99. The van der Waals surface area contributed by atoms with Crippen molar-refractivity contribution in [2.75, 3.05) is 5.43 Å². The molecule has 0 saturated heterocycles. The lowest BCUT2D eigenvalue weighted by atomic mass is 10.1. The zero-order chi connectivity index (χ0) is 13.1. The normalized spacial score (nSPS) is 10.1. The Bertz CT molecular complexity index is 594. The first-order chi connectivity index (χ1) is 8.59. The van der Waals surface area contributed by atoms with Gasteiger partial charge in [0.05, 0.1) is 4.92 Å². The van der Waals surface area contributed by atoms with Crippen LogP contribution in [0.25, 0.3) is 0 Å². The van der Waals surface area contributed by atoms with Gasteiger partial charge in [0.25, 0.3) is 11.6 Å². The lowest BCUT2D eigenvalue weighted by Crippen LogP contribution is -2.22. The number of hydrogen-bond acceptors (Lipinski definition) is 5. The molecule has 8 nitrogen and oxygen atoms in total. The van der Waals surface area contributed by atoms with Gasteiger partial charge < -0.3 is 0 Å². The first-order valence-electron chi connectivity index (χ1n) is 4.99. The average molecular weight is 247 g/mol. The minimum atomic E-state index is -0.592. The summed E-state index contributed by atoms with van der Waals surface area (Å²) in [6.07, 6.45) is 2.55. The molecule has 2 aromatic rings. The average Bonchev–Trinajstić information content (AvgIpc) is 2.80. The van der Waals surface area contributed by atoms with Gasteiger partial charge in [-0.3, -0.25) is 20.3 Å². The van der Waals surface area contributed by atoms with E-state index in [1.165, 1.54) is 23.4 Å². The van der Waals surface area contributed by atoms with E-state index in [1.807, 2.05) is 0 Å². The lowest BCUT2D eigenvalue weighted by Gasteiger charge is -2.06. The molecule has 1 aromatic carbocycles. The van der Waals surface area contributed by atoms with Crippen molar-refractivity contribution < 1.29 is 9.72 Å². The standard InChI is InChI=1S/C10H9N5O3/c1-7-3-2-4-8(9(7)15(17)18)10(16)13-14-5-11-12-6-14/h2-6H,1H3,(H,13,16). The fourth-order valence-electron chi connectivity index (χ4n) is 1.52. The van der Waals surface area contributed by atoms with Crippen LogP contribution in [0, 0.1) is 17.0 Å². The van der Waals surface area contributed by atoms with Gasteiger partial charge in [0.1, 0.15) is 18.2 Å². The predicted octanol–water partition coefficient (Wildman–Crippen LogP) is 0.879. The second-order valence-electron chi connectivity index (χ2n) is 3.54. The van der Waals surface area contributed by atoms with Crippen LogP contribution in [0.15, 0.2) is 30.9 Å². The summed E-state index contributed by atoms with van der Waals surface area (Å²) in [5.74, 6) is -0.592. The molecule has 2 rings (SSSR count). The van der Waals surface area contributed by atoms with E-state index in [0.717, 1.165) is 0 Å². The molecule has 0 radical (unpaired) electrons. The van der Waals surface area contributed by atoms with Crippen LogP contribution >= 0.6 is 0 Å². The van der Waals surface area contributed by atoms with Crippen LogP contribution in [0.4, 0.5) is 5.69 Å². The van der Waals surface area contributed by atoms with E-state index in [0.29, 0.717) is 5.56 Å². The number of para-hydroxylation sites is 1. The summed E-state index contributed by atoms with van der Waals surface area (Å²) < 4.78 is 1.22. The van der Waals surface area contributed by atoms with Crippen molar-refractivity contribution in [1.82, 2.24) is 14.9 Å². The number of aryl methyl sites for hydroxylation is 1. The quantitative estimate of drug-likeness (QED) is 0.640. The molecule has 0 aliphatic carbocycles. The van der Waals surface area contributed by atoms with Crippen LogP contribution in [0.5, 0.6) is 0 Å². The Morgan fingerprint density at radius 1 is 1.39 bits per heavy atom. The van der Waals surface area contributed by atoms with Crippen LogP contribution in [0.1, 0.15) is 15.9 Å². The highest BCUT2D eigenvalue weighted by molar-refractivity contribution is 6.03. The highest BCUT2D eigenvalue weighted by atomic mass is 16.6. The number of amides is 1. The van der Waals surface area contributed by atoms with Gasteiger partial charge in [0.2, 0.25) is 0 Å². The number of nitro benzene ring substituents is 1. The molecule has 0 aliphatic rings. The number of nitrogens with zero attached hydrogens (tertiary/aromatic N) is 4. The van der Waals surface area contributed by atoms with E-state index >= 15 is 0 Å². The molecule has 0 spiro atoms. The fraction of sp³-hybridized carbons (Fsp3) is 0.100. The monoisotopic (exact) mass is 247 g/mol. The van der Waals surface area contributed by atoms with Crippen molar-refractivity contribution in [2.24, 2.45) is 0 Å². The number of carbonyl (C=O) groups is 1. The Morgan fingerprint density at radius 3 is 2.67 bits per heavy atom. The third kappa shape index (κ3) is 2.17. The Kier molecular flexibility index (Phi) is 3.00. The molecule has 92 valence electrons. The zero-order valence-electron chi connectivity index (χ0n) is 9.40. The van der Waals surface area contributed by atoms with Gasteiger partial charge in [-0.2, -0.15) is 0 Å². The Morgan fingerprint density at radius 2 is 2.06 bits per heavy atom. The third-order valence-corrected chi connectivity index (χ3v) is 2.31. The van der Waals surface area contributed by atoms with Crippen molar-refractivity contribution in [3.8, 4) is 0 Å². The van der Waals surface area contributed by atoms with E-state index in [-0.39, 0.29) is 11.3 Å². The highest BCUT2D eigenvalue weighted by Gasteiger charge is 2.22. The summed E-state index contributed by atoms with van der Waals surface area (Å²) in [6.45, 7) is 1.58. The number of nitrogens with one attached hydrogen (secondary N) is 1. The van der Waals surface area contributed by atoms with Gasteiger partial charge in [-0.25, -0.2) is 4.68 Å². The Hall–Kier alpha value is -2.77. The molecule has 0 unspecified atom stereocenters. The van der Waals surface area contributed by atoms with Crippen LogP contribution in [0.3, 0.4) is 0 Å². The maximum atomic E-state index is 11.9. The van der Waals surface area contributed by atoms with Gasteiger partial charge in [-0.1, -0.05) is 12.1 Å². The number of hydrogen-bond donors (Lipinski definition) is 1. The van der Waals surface area contributed by atoms with E-state index < -0.39 is 10.8 Å². The van der Waals surface area contributed by atoms with Gasteiger partial charge in [-0.15, -0.1) is 10.2 Å². The van der Waals surface area contributed by atoms with E-state index in [2.05, 4.69) is 15.6 Å². The van der Waals surface area contributed by atoms with Gasteiger partial charge in [0, 0.05) is 5.56 Å². The smallest absolute Gasteiger partial charge is 0.267 e. The molecule has 18 heavy (non-hydrogen) atoms. The van der Waals surface area contributed by atoms with Gasteiger partial charge in [-0.05, 0) is 13.0 Å². The van der Waals surface area contributed by atoms with Gasteiger partial charge in [0.15, 0.2) is 0 Å². The number of carbonyl (C=O) groups excluding carboxylic acids is 1. The molecule has 0 fully saturated rings. The van der Waals surface area contributed by atoms with Crippen molar-refractivity contribution in [3.05, 3.63) is 52.1 Å². The van der Waals surface area contributed by atoms with Crippen molar-refractivity contribution in [2.45, 2.75) is 6.92 Å². The minimum Gasteiger partial charge on any atom is -0.267 e. The first kappa shape index (κ1) is 11.7. The summed E-state index contributed by atoms with van der Waals surface area (Å²) in [5, 5.41) is 18.0. The topological polar surface area (TPSA) is 103 Å². The molecule has 8 heteroatoms. The Balaban J connectivity index is 2.36. The van der Waals surface area contributed by atoms with Crippen LogP contribution in [0.2, 0.25) is 0 Å². The maximum Gasteiger partial charge on any atom is 0.285 e. The fourth-order valence-corrected chi connectivity index (χ4v) is 1.52. The molecule has 1 amide bonds. The van der Waals surface area contributed by atoms with E-state index in [1.54, 1.807) is 19.1 Å². The minimum absolute atomic E-state index is 0.00583. The molecule has 1 N–H and O–H groups in total. The number of nitro groups is 1. The molecular weight excluding hydrogens is 238 g/mol. The summed E-state index contributed by atoms with van der Waals surface area (Å²) in [6, 6.07) is 4.56. The predicted molar refractivity (Wildman–Crippen MR) is 61.5 cm³/mol. The SMILES string of the molecule is Cc1cccc(C(=O)Nn2cnnc2)c1[N+](=O)[O-]. The third-order valence-electron chi connectivity index (χ3n) is 2.31. The largest absolute Gasteiger partial charge is 0.285 e. The summed E-state index contributed by atoms with van der Waals surface area (Å²) >= 11 is 0. The van der Waals surface area contributed by atoms with Crippen LogP contribution < -0.4 is 5.43 Å². The summed E-state index contributed by atoms with van der Waals surface area (Å²) in [7, 11) is 0. The number of benzene rings is 1. The molecule has 1 heterocycles. The zero-order valence-corrected chi connectivity index (χ0v) is 9.40. The molecule has 0 atom stereocenters. The molecule has 0 saturated carbocycles. The lowest BCUT2D eigenvalue weighted by molar-refractivity contribution is -0.385. The van der Waals surface area contributed by atoms with E-state index in [4.69, 9.17) is 0 Å². The summed E-state index contributed by atoms with van der Waals surface area (Å²) in [4.78, 5) is 22.3. The number of aromatic nitrogens is 3.